The highest BCUT2D eigenvalue weighted by atomic mass is 16.4. The highest BCUT2D eigenvalue weighted by Gasteiger charge is 2.39. The molecule has 0 radical (unpaired) electrons. The maximum Gasteiger partial charge on any atom is 0.305 e. The average molecular weight is 367 g/mol. The summed E-state index contributed by atoms with van der Waals surface area (Å²) in [5.41, 5.74) is 2.02. The molecular weight excluding hydrogens is 342 g/mol. The molecule has 6 nitrogen and oxygen atoms in total. The molecule has 0 aliphatic rings. The van der Waals surface area contributed by atoms with Crippen molar-refractivity contribution >= 4 is 17.0 Å². The minimum Gasteiger partial charge on any atom is -0.481 e. The molecule has 27 heavy (non-hydrogen) atoms. The van der Waals surface area contributed by atoms with Gasteiger partial charge in [-0.1, -0.05) is 63.2 Å². The molecule has 0 aliphatic heterocycles. The van der Waals surface area contributed by atoms with Crippen LogP contribution in [0.25, 0.3) is 11.0 Å². The molecule has 6 heteroatoms. The van der Waals surface area contributed by atoms with Crippen LogP contribution in [-0.2, 0) is 4.79 Å². The van der Waals surface area contributed by atoms with E-state index in [9.17, 15) is 15.0 Å². The molecule has 1 heterocycles. The number of aliphatic hydroxyl groups is 1. The summed E-state index contributed by atoms with van der Waals surface area (Å²) in [6.45, 7) is 6.12. The topological polar surface area (TPSA) is 88.2 Å². The van der Waals surface area contributed by atoms with Crippen molar-refractivity contribution in [3.8, 4) is 0 Å². The molecule has 3 atom stereocenters. The zero-order chi connectivity index (χ0) is 19.6. The summed E-state index contributed by atoms with van der Waals surface area (Å²) in [5.74, 6) is -1.28. The molecule has 0 saturated carbocycles. The third-order valence-electron chi connectivity index (χ3n) is 4.81. The SMILES string of the molecule is CC(C)(C)C(c1ccccc1)C(O)C(CC(=O)O)n1nc2ccccc2n1. The number of carboxylic acid groups (broad SMARTS) is 1. The van der Waals surface area contributed by atoms with E-state index in [1.165, 1.54) is 4.80 Å². The van der Waals surface area contributed by atoms with Crippen LogP contribution >= 0.6 is 0 Å². The predicted molar refractivity (Wildman–Crippen MR) is 103 cm³/mol. The number of nitrogens with zero attached hydrogens (tertiary/aromatic N) is 3. The molecule has 0 fully saturated rings. The minimum absolute atomic E-state index is 0.262. The lowest BCUT2D eigenvalue weighted by molar-refractivity contribution is -0.139. The van der Waals surface area contributed by atoms with Gasteiger partial charge in [0.2, 0.25) is 0 Å². The van der Waals surface area contributed by atoms with Gasteiger partial charge in [-0.25, -0.2) is 0 Å². The maximum absolute atomic E-state index is 11.5. The summed E-state index contributed by atoms with van der Waals surface area (Å²) >= 11 is 0. The number of hydrogen-bond donors (Lipinski definition) is 2. The van der Waals surface area contributed by atoms with Gasteiger partial charge in [0, 0.05) is 5.92 Å². The molecule has 0 saturated heterocycles. The highest BCUT2D eigenvalue weighted by Crippen LogP contribution is 2.41. The molecule has 142 valence electrons. The van der Waals surface area contributed by atoms with Crippen LogP contribution in [0.15, 0.2) is 54.6 Å². The van der Waals surface area contributed by atoms with Crippen molar-refractivity contribution < 1.29 is 15.0 Å². The summed E-state index contributed by atoms with van der Waals surface area (Å²) in [7, 11) is 0. The third kappa shape index (κ3) is 4.17. The van der Waals surface area contributed by atoms with Gasteiger partial charge in [-0.15, -0.1) is 0 Å². The first-order chi connectivity index (χ1) is 12.8. The fourth-order valence-electron chi connectivity index (χ4n) is 3.63. The van der Waals surface area contributed by atoms with Crippen molar-refractivity contribution in [2.24, 2.45) is 5.41 Å². The van der Waals surface area contributed by atoms with Crippen molar-refractivity contribution in [3.63, 3.8) is 0 Å². The molecule has 2 aromatic carbocycles. The van der Waals surface area contributed by atoms with E-state index in [-0.39, 0.29) is 17.8 Å². The Morgan fingerprint density at radius 3 is 2.00 bits per heavy atom. The molecular formula is C21H25N3O3. The predicted octanol–water partition coefficient (Wildman–Crippen LogP) is 3.64. The Morgan fingerprint density at radius 1 is 1.00 bits per heavy atom. The summed E-state index contributed by atoms with van der Waals surface area (Å²) < 4.78 is 0. The average Bonchev–Trinajstić information content (AvgIpc) is 3.03. The van der Waals surface area contributed by atoms with Crippen LogP contribution < -0.4 is 0 Å². The summed E-state index contributed by atoms with van der Waals surface area (Å²) in [4.78, 5) is 12.9. The van der Waals surface area contributed by atoms with Crippen molar-refractivity contribution in [1.82, 2.24) is 15.0 Å². The van der Waals surface area contributed by atoms with Crippen LogP contribution in [0.5, 0.6) is 0 Å². The lowest BCUT2D eigenvalue weighted by Gasteiger charge is -2.37. The third-order valence-corrected chi connectivity index (χ3v) is 4.81. The van der Waals surface area contributed by atoms with Crippen LogP contribution in [0.3, 0.4) is 0 Å². The Bertz CT molecular complexity index is 882. The number of carbonyl (C=O) groups is 1. The first-order valence-electron chi connectivity index (χ1n) is 9.04. The lowest BCUT2D eigenvalue weighted by Crippen LogP contribution is -2.38. The van der Waals surface area contributed by atoms with E-state index in [1.807, 2.05) is 75.4 Å². The van der Waals surface area contributed by atoms with Gasteiger partial charge in [-0.05, 0) is 23.1 Å². The van der Waals surface area contributed by atoms with Gasteiger partial charge in [0.25, 0.3) is 0 Å². The fourth-order valence-corrected chi connectivity index (χ4v) is 3.63. The van der Waals surface area contributed by atoms with Gasteiger partial charge in [0.1, 0.15) is 17.1 Å². The Kier molecular flexibility index (Phi) is 5.28. The van der Waals surface area contributed by atoms with E-state index in [0.29, 0.717) is 11.0 Å². The second-order valence-electron chi connectivity index (χ2n) is 7.92. The molecule has 0 bridgehead atoms. The number of carboxylic acids is 1. The number of aromatic nitrogens is 3. The van der Waals surface area contributed by atoms with Crippen molar-refractivity contribution in [2.75, 3.05) is 0 Å². The van der Waals surface area contributed by atoms with E-state index in [1.54, 1.807) is 0 Å². The largest absolute Gasteiger partial charge is 0.481 e. The standard InChI is InChI=1S/C21H25N3O3/c1-21(2,3)19(14-9-5-4-6-10-14)20(27)17(13-18(25)26)24-22-15-11-7-8-12-16(15)23-24/h4-12,17,19-20,27H,13H2,1-3H3,(H,25,26). The van der Waals surface area contributed by atoms with Crippen LogP contribution in [-0.4, -0.2) is 37.3 Å². The molecule has 2 N–H and O–H groups in total. The Labute approximate surface area is 158 Å². The quantitative estimate of drug-likeness (QED) is 0.694. The highest BCUT2D eigenvalue weighted by molar-refractivity contribution is 5.73. The number of hydrogen-bond acceptors (Lipinski definition) is 4. The molecule has 0 spiro atoms. The van der Waals surface area contributed by atoms with Gasteiger partial charge < -0.3 is 10.2 Å². The smallest absolute Gasteiger partial charge is 0.305 e. The monoisotopic (exact) mass is 367 g/mol. The minimum atomic E-state index is -0.999. The molecule has 1 aromatic heterocycles. The second kappa shape index (κ2) is 7.48. The Balaban J connectivity index is 2.05. The normalized spacial score (nSPS) is 15.4. The van der Waals surface area contributed by atoms with Crippen LogP contribution in [0, 0.1) is 5.41 Å². The molecule has 3 aromatic rings. The zero-order valence-electron chi connectivity index (χ0n) is 15.8. The first-order valence-corrected chi connectivity index (χ1v) is 9.04. The van der Waals surface area contributed by atoms with Gasteiger partial charge in [0.15, 0.2) is 0 Å². The zero-order valence-corrected chi connectivity index (χ0v) is 15.8. The molecule has 3 unspecified atom stereocenters. The van der Waals surface area contributed by atoms with Crippen LogP contribution in [0.4, 0.5) is 0 Å². The molecule has 3 rings (SSSR count). The van der Waals surface area contributed by atoms with Crippen molar-refractivity contribution in [2.45, 2.75) is 45.3 Å². The van der Waals surface area contributed by atoms with Crippen LogP contribution in [0.2, 0.25) is 0 Å². The van der Waals surface area contributed by atoms with Crippen LogP contribution in [0.1, 0.15) is 44.7 Å². The van der Waals surface area contributed by atoms with E-state index >= 15 is 0 Å². The number of rotatable bonds is 6. The van der Waals surface area contributed by atoms with E-state index < -0.39 is 18.1 Å². The molecule has 0 aliphatic carbocycles. The van der Waals surface area contributed by atoms with Gasteiger partial charge >= 0.3 is 5.97 Å². The number of benzene rings is 2. The Morgan fingerprint density at radius 2 is 1.52 bits per heavy atom. The van der Waals surface area contributed by atoms with E-state index in [2.05, 4.69) is 10.2 Å². The van der Waals surface area contributed by atoms with Gasteiger partial charge in [-0.3, -0.25) is 4.79 Å². The van der Waals surface area contributed by atoms with Gasteiger partial charge in [-0.2, -0.15) is 15.0 Å². The summed E-state index contributed by atoms with van der Waals surface area (Å²) in [6.07, 6.45) is -1.23. The van der Waals surface area contributed by atoms with E-state index in [0.717, 1.165) is 5.56 Å². The summed E-state index contributed by atoms with van der Waals surface area (Å²) in [6, 6.07) is 16.3. The Hall–Kier alpha value is -2.73. The number of fused-ring (bicyclic) bond motifs is 1. The van der Waals surface area contributed by atoms with Gasteiger partial charge in [0.05, 0.1) is 12.5 Å². The lowest BCUT2D eigenvalue weighted by atomic mass is 9.71. The number of aliphatic hydroxyl groups excluding tert-OH is 1. The first kappa shape index (κ1) is 19.0. The molecule has 0 amide bonds. The second-order valence-corrected chi connectivity index (χ2v) is 7.92. The maximum atomic E-state index is 11.5. The fraction of sp³-hybridized carbons (Fsp3) is 0.381. The van der Waals surface area contributed by atoms with Crippen molar-refractivity contribution in [3.05, 3.63) is 60.2 Å². The summed E-state index contributed by atoms with van der Waals surface area (Å²) in [5, 5.41) is 29.6. The number of aliphatic carboxylic acids is 1. The van der Waals surface area contributed by atoms with Crippen molar-refractivity contribution in [1.29, 1.82) is 0 Å². The van der Waals surface area contributed by atoms with E-state index in [4.69, 9.17) is 0 Å².